The van der Waals surface area contributed by atoms with Crippen molar-refractivity contribution in [2.24, 2.45) is 0 Å². The van der Waals surface area contributed by atoms with Crippen LogP contribution in [0.15, 0.2) is 58.2 Å². The Morgan fingerprint density at radius 3 is 2.47 bits per heavy atom. The number of nitrogens with zero attached hydrogens (tertiary/aromatic N) is 2. The molecule has 3 aromatic rings. The summed E-state index contributed by atoms with van der Waals surface area (Å²) in [7, 11) is -3.32. The maximum absolute atomic E-state index is 12.9. The second-order valence-corrected chi connectivity index (χ2v) is 8.47. The average Bonchev–Trinajstić information content (AvgIpc) is 2.74. The van der Waals surface area contributed by atoms with Crippen molar-refractivity contribution in [3.63, 3.8) is 0 Å². The first-order chi connectivity index (χ1) is 15.2. The van der Waals surface area contributed by atoms with Crippen molar-refractivity contribution in [2.75, 3.05) is 13.7 Å². The molecular formula is C20H16Cl2N2O7S. The fourth-order valence-electron chi connectivity index (χ4n) is 2.65. The van der Waals surface area contributed by atoms with E-state index in [-0.39, 0.29) is 28.1 Å². The molecule has 0 bridgehead atoms. The Kier molecular flexibility index (Phi) is 7.07. The summed E-state index contributed by atoms with van der Waals surface area (Å²) in [5, 5.41) is 4.24. The fourth-order valence-corrected chi connectivity index (χ4v) is 4.22. The summed E-state index contributed by atoms with van der Waals surface area (Å²) in [4.78, 5) is 24.8. The third-order valence-corrected chi connectivity index (χ3v) is 5.85. The van der Waals surface area contributed by atoms with Crippen molar-refractivity contribution in [1.82, 2.24) is 9.78 Å². The second-order valence-electron chi connectivity index (χ2n) is 6.11. The highest BCUT2D eigenvalue weighted by Crippen LogP contribution is 2.30. The van der Waals surface area contributed by atoms with Crippen molar-refractivity contribution in [3.8, 4) is 17.2 Å². The molecule has 3 rings (SSSR count). The normalized spacial score (nSPS) is 11.1. The number of rotatable bonds is 7. The van der Waals surface area contributed by atoms with Gasteiger partial charge in [0.2, 0.25) is 5.69 Å². The summed E-state index contributed by atoms with van der Waals surface area (Å²) in [6, 6.07) is 10.9. The van der Waals surface area contributed by atoms with Crippen LogP contribution in [0, 0.1) is 0 Å². The Labute approximate surface area is 193 Å². The molecule has 1 aromatic heterocycles. The highest BCUT2D eigenvalue weighted by Gasteiger charge is 2.28. The van der Waals surface area contributed by atoms with E-state index in [4.69, 9.17) is 36.9 Å². The van der Waals surface area contributed by atoms with Crippen LogP contribution >= 0.6 is 23.2 Å². The molecule has 0 fully saturated rings. The van der Waals surface area contributed by atoms with E-state index in [9.17, 15) is 18.0 Å². The van der Waals surface area contributed by atoms with E-state index in [2.05, 4.69) is 5.10 Å². The lowest BCUT2D eigenvalue weighted by atomic mass is 10.3. The van der Waals surface area contributed by atoms with Gasteiger partial charge < -0.3 is 13.7 Å². The number of para-hydroxylation sites is 1. The molecule has 0 amide bonds. The number of carbonyl (C=O) groups excluding carboxylic acids is 1. The van der Waals surface area contributed by atoms with E-state index >= 15 is 0 Å². The molecule has 0 saturated carbocycles. The molecule has 0 atom stereocenters. The van der Waals surface area contributed by atoms with E-state index in [1.807, 2.05) is 0 Å². The van der Waals surface area contributed by atoms with Gasteiger partial charge in [0, 0.05) is 5.02 Å². The van der Waals surface area contributed by atoms with Gasteiger partial charge in [-0.1, -0.05) is 35.3 Å². The quantitative estimate of drug-likeness (QED) is 0.359. The van der Waals surface area contributed by atoms with E-state index in [0.29, 0.717) is 0 Å². The molecule has 9 nitrogen and oxygen atoms in total. The van der Waals surface area contributed by atoms with Crippen LogP contribution in [0.5, 0.6) is 11.5 Å². The molecule has 0 aliphatic rings. The van der Waals surface area contributed by atoms with Crippen molar-refractivity contribution >= 4 is 39.3 Å². The van der Waals surface area contributed by atoms with Crippen LogP contribution in [-0.2, 0) is 14.9 Å². The number of halogens is 2. The number of benzene rings is 2. The van der Waals surface area contributed by atoms with Crippen molar-refractivity contribution in [1.29, 1.82) is 0 Å². The van der Waals surface area contributed by atoms with E-state index < -0.39 is 38.0 Å². The van der Waals surface area contributed by atoms with Crippen molar-refractivity contribution < 1.29 is 26.9 Å². The Balaban J connectivity index is 2.17. The van der Waals surface area contributed by atoms with Crippen LogP contribution in [0.3, 0.4) is 0 Å². The fraction of sp³-hybridized carbons (Fsp3) is 0.150. The summed E-state index contributed by atoms with van der Waals surface area (Å²) in [6.45, 7) is 1.52. The monoisotopic (exact) mass is 498 g/mol. The van der Waals surface area contributed by atoms with Gasteiger partial charge in [-0.3, -0.25) is 4.79 Å². The zero-order valence-electron chi connectivity index (χ0n) is 16.7. The second kappa shape index (κ2) is 9.60. The molecule has 1 heterocycles. The van der Waals surface area contributed by atoms with Gasteiger partial charge in [0.15, 0.2) is 5.75 Å². The lowest BCUT2D eigenvalue weighted by molar-refractivity contribution is 0.0515. The molecule has 0 aliphatic carbocycles. The molecule has 168 valence electrons. The lowest BCUT2D eigenvalue weighted by Gasteiger charge is -2.14. The van der Waals surface area contributed by atoms with Crippen molar-refractivity contribution in [3.05, 3.63) is 74.6 Å². The van der Waals surface area contributed by atoms with Gasteiger partial charge in [0.05, 0.1) is 30.5 Å². The minimum Gasteiger partial charge on any atom is -0.495 e. The van der Waals surface area contributed by atoms with E-state index in [0.717, 1.165) is 16.8 Å². The predicted molar refractivity (Wildman–Crippen MR) is 117 cm³/mol. The molecule has 12 heteroatoms. The van der Waals surface area contributed by atoms with Crippen LogP contribution in [-0.4, -0.2) is 37.9 Å². The van der Waals surface area contributed by atoms with Crippen LogP contribution in [0.25, 0.3) is 5.69 Å². The maximum Gasteiger partial charge on any atom is 0.362 e. The summed E-state index contributed by atoms with van der Waals surface area (Å²) in [5.74, 6) is -1.68. The van der Waals surface area contributed by atoms with E-state index in [1.165, 1.54) is 31.4 Å². The summed E-state index contributed by atoms with van der Waals surface area (Å²) < 4.78 is 41.8. The first-order valence-corrected chi connectivity index (χ1v) is 11.2. The number of aromatic nitrogens is 2. The zero-order chi connectivity index (χ0) is 23.5. The minimum atomic E-state index is -4.58. The van der Waals surface area contributed by atoms with Gasteiger partial charge in [-0.15, -0.1) is 0 Å². The van der Waals surface area contributed by atoms with Gasteiger partial charge >= 0.3 is 16.1 Å². The Morgan fingerprint density at radius 1 is 1.09 bits per heavy atom. The van der Waals surface area contributed by atoms with Gasteiger partial charge in [0.25, 0.3) is 5.56 Å². The van der Waals surface area contributed by atoms with Gasteiger partial charge in [0.1, 0.15) is 10.6 Å². The maximum atomic E-state index is 12.9. The molecular weight excluding hydrogens is 483 g/mol. The van der Waals surface area contributed by atoms with Gasteiger partial charge in [-0.2, -0.15) is 18.2 Å². The van der Waals surface area contributed by atoms with Crippen LogP contribution < -0.4 is 14.5 Å². The average molecular weight is 499 g/mol. The van der Waals surface area contributed by atoms with Gasteiger partial charge in [-0.25, -0.2) is 4.79 Å². The molecule has 32 heavy (non-hydrogen) atoms. The molecule has 0 unspecified atom stereocenters. The number of esters is 1. The number of hydrogen-bond acceptors (Lipinski definition) is 8. The van der Waals surface area contributed by atoms with Crippen molar-refractivity contribution in [2.45, 2.75) is 11.8 Å². The smallest absolute Gasteiger partial charge is 0.362 e. The predicted octanol–water partition coefficient (Wildman–Crippen LogP) is 3.49. The standard InChI is InChI=1S/C20H16Cl2N2O7S/c1-3-30-20(26)19-16(11-18(25)24(23-19)14-7-5-4-6-13(14)22)31-32(27,28)17-10-12(21)8-9-15(17)29-2/h4-11H,3H2,1-2H3. The van der Waals surface area contributed by atoms with Gasteiger partial charge in [-0.05, 0) is 37.3 Å². The SMILES string of the molecule is CCOC(=O)c1nn(-c2ccccc2Cl)c(=O)cc1OS(=O)(=O)c1cc(Cl)ccc1OC. The first kappa shape index (κ1) is 23.6. The van der Waals surface area contributed by atoms with E-state index in [1.54, 1.807) is 19.1 Å². The molecule has 2 aromatic carbocycles. The highest BCUT2D eigenvalue weighted by atomic mass is 35.5. The van der Waals surface area contributed by atoms with Crippen LogP contribution in [0.2, 0.25) is 10.0 Å². The summed E-state index contributed by atoms with van der Waals surface area (Å²) in [5.41, 5.74) is -1.17. The topological polar surface area (TPSA) is 114 Å². The highest BCUT2D eigenvalue weighted by molar-refractivity contribution is 7.87. The number of ether oxygens (including phenoxy) is 2. The Hall–Kier alpha value is -3.08. The zero-order valence-corrected chi connectivity index (χ0v) is 19.1. The van der Waals surface area contributed by atoms with Crippen LogP contribution in [0.1, 0.15) is 17.4 Å². The number of carbonyl (C=O) groups is 1. The lowest BCUT2D eigenvalue weighted by Crippen LogP contribution is -2.26. The minimum absolute atomic E-state index is 0.0277. The summed E-state index contributed by atoms with van der Waals surface area (Å²) >= 11 is 12.0. The Morgan fingerprint density at radius 2 is 1.81 bits per heavy atom. The summed E-state index contributed by atoms with van der Waals surface area (Å²) in [6.07, 6.45) is 0. The largest absolute Gasteiger partial charge is 0.495 e. The third kappa shape index (κ3) is 4.87. The molecule has 0 aliphatic heterocycles. The molecule has 0 radical (unpaired) electrons. The first-order valence-electron chi connectivity index (χ1n) is 9.02. The number of methoxy groups -OCH3 is 1. The molecule has 0 N–H and O–H groups in total. The number of hydrogen-bond donors (Lipinski definition) is 0. The van der Waals surface area contributed by atoms with Crippen LogP contribution in [0.4, 0.5) is 0 Å². The molecule has 0 spiro atoms. The third-order valence-electron chi connectivity index (χ3n) is 4.04. The Bertz CT molecular complexity index is 1340. The molecule has 0 saturated heterocycles.